The molecular formula is C18H18F2NO. The first kappa shape index (κ1) is 15.0. The zero-order valence-electron chi connectivity index (χ0n) is 12.2. The highest BCUT2D eigenvalue weighted by atomic mass is 19.1. The number of rotatable bonds is 5. The monoisotopic (exact) mass is 302 g/mol. The summed E-state index contributed by atoms with van der Waals surface area (Å²) in [5.41, 5.74) is 2.37. The van der Waals surface area contributed by atoms with E-state index in [1.807, 2.05) is 36.8 Å². The first-order chi connectivity index (χ1) is 10.8. The number of hydrogen-bond acceptors (Lipinski definition) is 2. The fraction of sp³-hybridized carbons (Fsp3) is 0.278. The number of fused-ring (bicyclic) bond motifs is 1. The first-order valence-corrected chi connectivity index (χ1v) is 7.44. The summed E-state index contributed by atoms with van der Waals surface area (Å²) in [5, 5.41) is 3.29. The SMILES string of the molecule is Fc1cc(F)c2c(c1CCNCc1ccccc1)C[CH]CO2. The smallest absolute Gasteiger partial charge is 0.168 e. The summed E-state index contributed by atoms with van der Waals surface area (Å²) in [6.07, 6.45) is 2.96. The molecule has 1 radical (unpaired) electrons. The molecule has 0 unspecified atom stereocenters. The van der Waals surface area contributed by atoms with Crippen LogP contribution in [0.2, 0.25) is 0 Å². The Labute approximate surface area is 129 Å². The van der Waals surface area contributed by atoms with E-state index in [-0.39, 0.29) is 5.75 Å². The van der Waals surface area contributed by atoms with Crippen LogP contribution in [0, 0.1) is 18.1 Å². The van der Waals surface area contributed by atoms with Crippen molar-refractivity contribution in [2.24, 2.45) is 0 Å². The van der Waals surface area contributed by atoms with Gasteiger partial charge in [-0.2, -0.15) is 0 Å². The number of nitrogens with one attached hydrogen (secondary N) is 1. The van der Waals surface area contributed by atoms with Crippen molar-refractivity contribution in [2.45, 2.75) is 19.4 Å². The molecule has 1 heterocycles. The summed E-state index contributed by atoms with van der Waals surface area (Å²) < 4.78 is 33.1. The van der Waals surface area contributed by atoms with E-state index in [1.54, 1.807) is 0 Å². The van der Waals surface area contributed by atoms with Crippen molar-refractivity contribution in [1.29, 1.82) is 0 Å². The number of ether oxygens (including phenoxy) is 1. The lowest BCUT2D eigenvalue weighted by molar-refractivity contribution is 0.306. The van der Waals surface area contributed by atoms with Gasteiger partial charge < -0.3 is 10.1 Å². The first-order valence-electron chi connectivity index (χ1n) is 7.44. The Hall–Kier alpha value is -1.94. The molecule has 1 aliphatic heterocycles. The van der Waals surface area contributed by atoms with E-state index in [1.165, 1.54) is 5.56 Å². The highest BCUT2D eigenvalue weighted by Gasteiger charge is 2.22. The van der Waals surface area contributed by atoms with Crippen LogP contribution in [-0.4, -0.2) is 13.2 Å². The Morgan fingerprint density at radius 1 is 1.09 bits per heavy atom. The van der Waals surface area contributed by atoms with Gasteiger partial charge in [-0.3, -0.25) is 0 Å². The molecule has 0 saturated carbocycles. The average molecular weight is 302 g/mol. The third-order valence-corrected chi connectivity index (χ3v) is 3.81. The van der Waals surface area contributed by atoms with Crippen LogP contribution in [0.5, 0.6) is 5.75 Å². The minimum atomic E-state index is -0.610. The van der Waals surface area contributed by atoms with Crippen molar-refractivity contribution in [3.63, 3.8) is 0 Å². The van der Waals surface area contributed by atoms with Gasteiger partial charge in [-0.05, 0) is 30.5 Å². The predicted octanol–water partition coefficient (Wildman–Crippen LogP) is 3.44. The molecule has 2 aromatic carbocycles. The molecule has 22 heavy (non-hydrogen) atoms. The highest BCUT2D eigenvalue weighted by Crippen LogP contribution is 2.32. The maximum Gasteiger partial charge on any atom is 0.168 e. The lowest BCUT2D eigenvalue weighted by Crippen LogP contribution is -2.20. The Morgan fingerprint density at radius 3 is 2.73 bits per heavy atom. The van der Waals surface area contributed by atoms with Gasteiger partial charge in [0.25, 0.3) is 0 Å². The van der Waals surface area contributed by atoms with Crippen LogP contribution in [0.25, 0.3) is 0 Å². The molecule has 0 bridgehead atoms. The van der Waals surface area contributed by atoms with Crippen LogP contribution in [-0.2, 0) is 19.4 Å². The minimum Gasteiger partial charge on any atom is -0.490 e. The molecule has 4 heteroatoms. The van der Waals surface area contributed by atoms with E-state index in [0.29, 0.717) is 37.1 Å². The van der Waals surface area contributed by atoms with Crippen LogP contribution >= 0.6 is 0 Å². The highest BCUT2D eigenvalue weighted by molar-refractivity contribution is 5.45. The normalized spacial score (nSPS) is 13.5. The zero-order chi connectivity index (χ0) is 15.4. The van der Waals surface area contributed by atoms with Gasteiger partial charge in [-0.15, -0.1) is 0 Å². The van der Waals surface area contributed by atoms with Crippen molar-refractivity contribution in [3.8, 4) is 5.75 Å². The van der Waals surface area contributed by atoms with E-state index >= 15 is 0 Å². The molecule has 0 spiro atoms. The predicted molar refractivity (Wildman–Crippen MR) is 81.7 cm³/mol. The van der Waals surface area contributed by atoms with Gasteiger partial charge >= 0.3 is 0 Å². The lowest BCUT2D eigenvalue weighted by Gasteiger charge is -2.21. The Balaban J connectivity index is 1.65. The van der Waals surface area contributed by atoms with E-state index in [2.05, 4.69) is 5.32 Å². The van der Waals surface area contributed by atoms with Crippen molar-refractivity contribution >= 4 is 0 Å². The van der Waals surface area contributed by atoms with Crippen molar-refractivity contribution in [3.05, 3.63) is 71.1 Å². The van der Waals surface area contributed by atoms with Crippen LogP contribution in [0.4, 0.5) is 8.78 Å². The summed E-state index contributed by atoms with van der Waals surface area (Å²) in [6.45, 7) is 1.74. The maximum atomic E-state index is 14.1. The van der Waals surface area contributed by atoms with Gasteiger partial charge in [0.15, 0.2) is 11.6 Å². The third kappa shape index (κ3) is 3.28. The fourth-order valence-electron chi connectivity index (χ4n) is 2.72. The Kier molecular flexibility index (Phi) is 4.68. The van der Waals surface area contributed by atoms with Crippen molar-refractivity contribution in [2.75, 3.05) is 13.2 Å². The summed E-state index contributed by atoms with van der Waals surface area (Å²) >= 11 is 0. The van der Waals surface area contributed by atoms with Gasteiger partial charge in [0, 0.05) is 24.6 Å². The molecule has 0 atom stereocenters. The summed E-state index contributed by atoms with van der Waals surface area (Å²) in [4.78, 5) is 0. The quantitative estimate of drug-likeness (QED) is 0.854. The third-order valence-electron chi connectivity index (χ3n) is 3.81. The molecule has 3 rings (SSSR count). The number of hydrogen-bond donors (Lipinski definition) is 1. The molecule has 0 fully saturated rings. The Morgan fingerprint density at radius 2 is 1.91 bits per heavy atom. The summed E-state index contributed by atoms with van der Waals surface area (Å²) in [5.74, 6) is -0.889. The van der Waals surface area contributed by atoms with E-state index < -0.39 is 11.6 Å². The number of benzene rings is 2. The molecule has 0 amide bonds. The van der Waals surface area contributed by atoms with Crippen LogP contribution < -0.4 is 10.1 Å². The van der Waals surface area contributed by atoms with Crippen molar-refractivity contribution < 1.29 is 13.5 Å². The second kappa shape index (κ2) is 6.88. The van der Waals surface area contributed by atoms with Gasteiger partial charge in [-0.25, -0.2) is 8.78 Å². The number of halogens is 2. The molecule has 115 valence electrons. The van der Waals surface area contributed by atoms with Gasteiger partial charge in [0.2, 0.25) is 0 Å². The molecule has 1 aliphatic rings. The summed E-state index contributed by atoms with van der Waals surface area (Å²) in [7, 11) is 0. The largest absolute Gasteiger partial charge is 0.490 e. The zero-order valence-corrected chi connectivity index (χ0v) is 12.2. The average Bonchev–Trinajstić information content (AvgIpc) is 2.55. The van der Waals surface area contributed by atoms with Gasteiger partial charge in [0.05, 0.1) is 6.61 Å². The lowest BCUT2D eigenvalue weighted by atomic mass is 9.96. The molecule has 0 aliphatic carbocycles. The minimum absolute atomic E-state index is 0.210. The topological polar surface area (TPSA) is 21.3 Å². The second-order valence-electron chi connectivity index (χ2n) is 5.34. The molecule has 1 N–H and O–H groups in total. The maximum absolute atomic E-state index is 14.1. The van der Waals surface area contributed by atoms with E-state index in [0.717, 1.165) is 12.6 Å². The van der Waals surface area contributed by atoms with Gasteiger partial charge in [0.1, 0.15) is 5.82 Å². The molecule has 2 aromatic rings. The molecule has 0 saturated heterocycles. The molecule has 2 nitrogen and oxygen atoms in total. The molecular weight excluding hydrogens is 284 g/mol. The van der Waals surface area contributed by atoms with E-state index in [4.69, 9.17) is 4.74 Å². The summed E-state index contributed by atoms with van der Waals surface area (Å²) in [6, 6.07) is 10.9. The fourth-order valence-corrected chi connectivity index (χ4v) is 2.72. The van der Waals surface area contributed by atoms with Gasteiger partial charge in [-0.1, -0.05) is 30.3 Å². The van der Waals surface area contributed by atoms with Crippen LogP contribution in [0.15, 0.2) is 36.4 Å². The van der Waals surface area contributed by atoms with Crippen LogP contribution in [0.1, 0.15) is 16.7 Å². The van der Waals surface area contributed by atoms with Crippen LogP contribution in [0.3, 0.4) is 0 Å². The molecule has 0 aromatic heterocycles. The Bertz CT molecular complexity index is 643. The van der Waals surface area contributed by atoms with Crippen molar-refractivity contribution in [1.82, 2.24) is 5.32 Å². The standard InChI is InChI=1S/C18H18F2NO/c19-16-11-17(20)18-15(7-4-10-22-18)14(16)8-9-21-12-13-5-2-1-3-6-13/h1-6,11,21H,7-10,12H2. The van der Waals surface area contributed by atoms with E-state index in [9.17, 15) is 8.78 Å². The second-order valence-corrected chi connectivity index (χ2v) is 5.34.